The number of hydrogen-bond donors (Lipinski definition) is 0. The number of aromatic nitrogens is 2. The zero-order valence-corrected chi connectivity index (χ0v) is 8.69. The lowest BCUT2D eigenvalue weighted by molar-refractivity contribution is 0.708. The van der Waals surface area contributed by atoms with E-state index in [2.05, 4.69) is 11.2 Å². The molecule has 0 aliphatic rings. The lowest BCUT2D eigenvalue weighted by Gasteiger charge is -2.05. The van der Waals surface area contributed by atoms with Crippen LogP contribution in [0.4, 0.5) is 0 Å². The fourth-order valence-corrected chi connectivity index (χ4v) is 1.46. The van der Waals surface area contributed by atoms with E-state index in [-0.39, 0.29) is 5.56 Å². The second kappa shape index (κ2) is 3.69. The molecule has 1 heterocycles. The first-order valence-electron chi connectivity index (χ1n) is 4.70. The second-order valence-corrected chi connectivity index (χ2v) is 3.43. The molecule has 0 aliphatic carbocycles. The maximum absolute atomic E-state index is 11.3. The van der Waals surface area contributed by atoms with Gasteiger partial charge in [0, 0.05) is 18.7 Å². The molecule has 75 valence electrons. The molecule has 2 rings (SSSR count). The highest BCUT2D eigenvalue weighted by molar-refractivity contribution is 5.61. The molecular weight excluding hydrogens is 188 g/mol. The monoisotopic (exact) mass is 199 g/mol. The lowest BCUT2D eigenvalue weighted by atomic mass is 10.1. The van der Waals surface area contributed by atoms with Crippen LogP contribution < -0.4 is 5.56 Å². The Bertz CT molecular complexity index is 529. The maximum atomic E-state index is 11.3. The summed E-state index contributed by atoms with van der Waals surface area (Å²) in [6.07, 6.45) is 0. The largest absolute Gasteiger partial charge is 0.268 e. The topological polar surface area (TPSA) is 34.9 Å². The number of benzene rings is 1. The number of aryl methyl sites for hydroxylation is 2. The molecule has 0 saturated heterocycles. The van der Waals surface area contributed by atoms with Crippen LogP contribution in [0.3, 0.4) is 0 Å². The first-order chi connectivity index (χ1) is 7.18. The van der Waals surface area contributed by atoms with E-state index < -0.39 is 0 Å². The van der Waals surface area contributed by atoms with Crippen LogP contribution in [0, 0.1) is 13.0 Å². The van der Waals surface area contributed by atoms with E-state index in [9.17, 15) is 4.79 Å². The molecule has 3 heteroatoms. The van der Waals surface area contributed by atoms with Crippen molar-refractivity contribution >= 4 is 0 Å². The van der Waals surface area contributed by atoms with E-state index in [1.165, 1.54) is 4.68 Å². The van der Waals surface area contributed by atoms with Gasteiger partial charge in [-0.15, -0.1) is 0 Å². The van der Waals surface area contributed by atoms with Crippen molar-refractivity contribution < 1.29 is 0 Å². The fourth-order valence-electron chi connectivity index (χ4n) is 1.46. The van der Waals surface area contributed by atoms with Crippen LogP contribution in [-0.4, -0.2) is 9.78 Å². The van der Waals surface area contributed by atoms with Gasteiger partial charge in [0.25, 0.3) is 5.56 Å². The van der Waals surface area contributed by atoms with E-state index in [1.54, 1.807) is 13.1 Å². The molecule has 0 saturated carbocycles. The zero-order chi connectivity index (χ0) is 10.8. The molecule has 15 heavy (non-hydrogen) atoms. The summed E-state index contributed by atoms with van der Waals surface area (Å²) in [5, 5.41) is 4.23. The Morgan fingerprint density at radius 1 is 1.33 bits per heavy atom. The van der Waals surface area contributed by atoms with Crippen molar-refractivity contribution in [3.63, 3.8) is 0 Å². The second-order valence-electron chi connectivity index (χ2n) is 3.43. The van der Waals surface area contributed by atoms with E-state index in [4.69, 9.17) is 0 Å². The molecule has 0 spiro atoms. The molecule has 2 aromatic rings. The highest BCUT2D eigenvalue weighted by Gasteiger charge is 2.04. The molecule has 0 N–H and O–H groups in total. The van der Waals surface area contributed by atoms with Crippen LogP contribution >= 0.6 is 0 Å². The van der Waals surface area contributed by atoms with Gasteiger partial charge >= 0.3 is 0 Å². The van der Waals surface area contributed by atoms with Crippen LogP contribution in [-0.2, 0) is 7.05 Å². The fraction of sp³-hybridized carbons (Fsp3) is 0.167. The van der Waals surface area contributed by atoms with Gasteiger partial charge in [-0.2, -0.15) is 5.10 Å². The molecule has 1 aromatic heterocycles. The van der Waals surface area contributed by atoms with Gasteiger partial charge in [-0.05, 0) is 18.6 Å². The predicted octanol–water partition coefficient (Wildman–Crippen LogP) is 1.56. The molecule has 0 aliphatic heterocycles. The number of rotatable bonds is 1. The van der Waals surface area contributed by atoms with Crippen molar-refractivity contribution in [3.05, 3.63) is 52.3 Å². The smallest absolute Gasteiger partial charge is 0.266 e. The highest BCUT2D eigenvalue weighted by Crippen LogP contribution is 2.17. The van der Waals surface area contributed by atoms with E-state index >= 15 is 0 Å². The quantitative estimate of drug-likeness (QED) is 0.698. The van der Waals surface area contributed by atoms with Crippen molar-refractivity contribution in [2.75, 3.05) is 0 Å². The Balaban J connectivity index is 2.64. The average molecular weight is 199 g/mol. The number of nitrogens with zero attached hydrogens (tertiary/aromatic N) is 2. The third kappa shape index (κ3) is 1.81. The third-order valence-corrected chi connectivity index (χ3v) is 2.27. The SMILES string of the molecule is Cc1cc(=O)n(C)nc1-c1cc[c]cc1. The standard InChI is InChI=1S/C12H11N2O/c1-9-8-11(15)14(2)13-12(9)10-6-4-3-5-7-10/h4-8H,1-2H3. The van der Waals surface area contributed by atoms with Gasteiger partial charge in [-0.3, -0.25) is 4.79 Å². The molecule has 3 nitrogen and oxygen atoms in total. The molecule has 1 aromatic carbocycles. The summed E-state index contributed by atoms with van der Waals surface area (Å²) in [5.74, 6) is 0. The zero-order valence-electron chi connectivity index (χ0n) is 8.69. The summed E-state index contributed by atoms with van der Waals surface area (Å²) in [7, 11) is 1.65. The molecule has 0 unspecified atom stereocenters. The molecule has 0 bridgehead atoms. The summed E-state index contributed by atoms with van der Waals surface area (Å²) < 4.78 is 1.35. The van der Waals surface area contributed by atoms with Gasteiger partial charge in [0.1, 0.15) is 0 Å². The van der Waals surface area contributed by atoms with Gasteiger partial charge in [0.05, 0.1) is 5.69 Å². The van der Waals surface area contributed by atoms with Crippen LogP contribution in [0.5, 0.6) is 0 Å². The van der Waals surface area contributed by atoms with Gasteiger partial charge in [0.15, 0.2) is 0 Å². The first kappa shape index (κ1) is 9.65. The summed E-state index contributed by atoms with van der Waals surface area (Å²) in [6.45, 7) is 1.89. The summed E-state index contributed by atoms with van der Waals surface area (Å²) in [4.78, 5) is 11.3. The van der Waals surface area contributed by atoms with Gasteiger partial charge in [-0.25, -0.2) is 4.68 Å². The molecular formula is C12H11N2O. The third-order valence-electron chi connectivity index (χ3n) is 2.27. The average Bonchev–Trinajstić information content (AvgIpc) is 2.25. The van der Waals surface area contributed by atoms with Crippen LogP contribution in [0.15, 0.2) is 35.1 Å². The molecule has 0 amide bonds. The Hall–Kier alpha value is -1.90. The minimum Gasteiger partial charge on any atom is -0.268 e. The van der Waals surface area contributed by atoms with Crippen molar-refractivity contribution in [1.29, 1.82) is 0 Å². The van der Waals surface area contributed by atoms with E-state index in [0.717, 1.165) is 16.8 Å². The normalized spacial score (nSPS) is 10.3. The Kier molecular flexibility index (Phi) is 2.37. The summed E-state index contributed by atoms with van der Waals surface area (Å²) in [6, 6.07) is 12.1. The molecule has 0 atom stereocenters. The van der Waals surface area contributed by atoms with Crippen molar-refractivity contribution in [2.45, 2.75) is 6.92 Å². The van der Waals surface area contributed by atoms with Crippen molar-refractivity contribution in [1.82, 2.24) is 9.78 Å². The molecule has 1 radical (unpaired) electrons. The van der Waals surface area contributed by atoms with Crippen LogP contribution in [0.2, 0.25) is 0 Å². The van der Waals surface area contributed by atoms with Gasteiger partial charge < -0.3 is 0 Å². The first-order valence-corrected chi connectivity index (χ1v) is 4.70. The highest BCUT2D eigenvalue weighted by atomic mass is 16.1. The van der Waals surface area contributed by atoms with Gasteiger partial charge in [-0.1, -0.05) is 24.3 Å². The van der Waals surface area contributed by atoms with Crippen molar-refractivity contribution in [2.24, 2.45) is 7.05 Å². The number of hydrogen-bond acceptors (Lipinski definition) is 2. The minimum absolute atomic E-state index is 0.0845. The predicted molar refractivity (Wildman–Crippen MR) is 58.5 cm³/mol. The lowest BCUT2D eigenvalue weighted by Crippen LogP contribution is -2.19. The van der Waals surface area contributed by atoms with Gasteiger partial charge in [0.2, 0.25) is 0 Å². The summed E-state index contributed by atoms with van der Waals surface area (Å²) in [5.41, 5.74) is 2.65. The Labute approximate surface area is 88.0 Å². The van der Waals surface area contributed by atoms with E-state index in [0.29, 0.717) is 0 Å². The minimum atomic E-state index is -0.0845. The maximum Gasteiger partial charge on any atom is 0.266 e. The van der Waals surface area contributed by atoms with Crippen LogP contribution in [0.1, 0.15) is 5.56 Å². The Morgan fingerprint density at radius 3 is 2.67 bits per heavy atom. The Morgan fingerprint density at radius 2 is 2.00 bits per heavy atom. The molecule has 0 fully saturated rings. The summed E-state index contributed by atoms with van der Waals surface area (Å²) >= 11 is 0. The van der Waals surface area contributed by atoms with E-state index in [1.807, 2.05) is 31.2 Å². The van der Waals surface area contributed by atoms with Crippen molar-refractivity contribution in [3.8, 4) is 11.3 Å². The van der Waals surface area contributed by atoms with Crippen LogP contribution in [0.25, 0.3) is 11.3 Å².